The van der Waals surface area contributed by atoms with E-state index < -0.39 is 17.4 Å². The number of nitrogens with one attached hydrogen (secondary N) is 3. The van der Waals surface area contributed by atoms with Gasteiger partial charge in [-0.2, -0.15) is 0 Å². The molecule has 1 aromatic rings. The highest BCUT2D eigenvalue weighted by atomic mass is 32.1. The maximum absolute atomic E-state index is 11.7. The van der Waals surface area contributed by atoms with Crippen LogP contribution in [0.3, 0.4) is 0 Å². The van der Waals surface area contributed by atoms with E-state index in [4.69, 9.17) is 4.74 Å². The first-order valence-corrected chi connectivity index (χ1v) is 7.39. The SMILES string of the molecule is O=C(NCc1csc(=O)[nH]1)NCC1(C(=O)O)CCOCC1. The van der Waals surface area contributed by atoms with Gasteiger partial charge in [0, 0.05) is 30.8 Å². The second kappa shape index (κ2) is 6.72. The van der Waals surface area contributed by atoms with Gasteiger partial charge < -0.3 is 25.5 Å². The molecule has 1 fully saturated rings. The van der Waals surface area contributed by atoms with Crippen LogP contribution in [0.15, 0.2) is 10.2 Å². The first-order chi connectivity index (χ1) is 10.0. The Morgan fingerprint density at radius 1 is 1.38 bits per heavy atom. The molecule has 9 heteroatoms. The van der Waals surface area contributed by atoms with Gasteiger partial charge in [-0.1, -0.05) is 11.3 Å². The predicted octanol–water partition coefficient (Wildman–Crippen LogP) is 0.117. The molecular formula is C12H17N3O5S. The van der Waals surface area contributed by atoms with Crippen LogP contribution in [-0.2, 0) is 16.1 Å². The van der Waals surface area contributed by atoms with Crippen molar-refractivity contribution >= 4 is 23.3 Å². The average molecular weight is 315 g/mol. The second-order valence-corrected chi connectivity index (χ2v) is 5.75. The Balaban J connectivity index is 1.81. The van der Waals surface area contributed by atoms with E-state index in [1.54, 1.807) is 5.38 Å². The number of H-pyrrole nitrogens is 1. The van der Waals surface area contributed by atoms with Gasteiger partial charge in [-0.3, -0.25) is 9.59 Å². The van der Waals surface area contributed by atoms with Crippen LogP contribution in [0.2, 0.25) is 0 Å². The van der Waals surface area contributed by atoms with Crippen LogP contribution in [0.25, 0.3) is 0 Å². The van der Waals surface area contributed by atoms with Gasteiger partial charge in [-0.25, -0.2) is 4.79 Å². The van der Waals surface area contributed by atoms with E-state index in [0.29, 0.717) is 31.7 Å². The summed E-state index contributed by atoms with van der Waals surface area (Å²) in [6.45, 7) is 1.00. The highest BCUT2D eigenvalue weighted by molar-refractivity contribution is 7.07. The lowest BCUT2D eigenvalue weighted by molar-refractivity contribution is -0.154. The third-order valence-electron chi connectivity index (χ3n) is 3.50. The summed E-state index contributed by atoms with van der Waals surface area (Å²) in [4.78, 5) is 36.4. The first kappa shape index (κ1) is 15.5. The molecule has 0 unspecified atom stereocenters. The molecule has 1 aliphatic heterocycles. The van der Waals surface area contributed by atoms with Crippen molar-refractivity contribution in [3.63, 3.8) is 0 Å². The van der Waals surface area contributed by atoms with Crippen LogP contribution in [0.4, 0.5) is 4.79 Å². The fraction of sp³-hybridized carbons (Fsp3) is 0.583. The summed E-state index contributed by atoms with van der Waals surface area (Å²) >= 11 is 1.02. The van der Waals surface area contributed by atoms with Gasteiger partial charge in [0.2, 0.25) is 0 Å². The number of hydrogen-bond donors (Lipinski definition) is 4. The first-order valence-electron chi connectivity index (χ1n) is 6.51. The van der Waals surface area contributed by atoms with Crippen molar-refractivity contribution in [2.75, 3.05) is 19.8 Å². The van der Waals surface area contributed by atoms with Gasteiger partial charge in [0.15, 0.2) is 0 Å². The smallest absolute Gasteiger partial charge is 0.315 e. The zero-order chi connectivity index (χ0) is 15.3. The van der Waals surface area contributed by atoms with Crippen molar-refractivity contribution in [3.05, 3.63) is 20.7 Å². The van der Waals surface area contributed by atoms with Gasteiger partial charge in [-0.15, -0.1) is 0 Å². The number of ether oxygens (including phenoxy) is 1. The van der Waals surface area contributed by atoms with Crippen molar-refractivity contribution in [3.8, 4) is 0 Å². The molecule has 116 valence electrons. The van der Waals surface area contributed by atoms with E-state index >= 15 is 0 Å². The van der Waals surface area contributed by atoms with Crippen molar-refractivity contribution in [1.82, 2.24) is 15.6 Å². The summed E-state index contributed by atoms with van der Waals surface area (Å²) in [5, 5.41) is 16.1. The summed E-state index contributed by atoms with van der Waals surface area (Å²) in [5.74, 6) is -0.923. The van der Waals surface area contributed by atoms with Crippen LogP contribution in [0, 0.1) is 5.41 Å². The maximum atomic E-state index is 11.7. The van der Waals surface area contributed by atoms with Crippen LogP contribution < -0.4 is 15.5 Å². The van der Waals surface area contributed by atoms with Gasteiger partial charge >= 0.3 is 16.9 Å². The maximum Gasteiger partial charge on any atom is 0.315 e. The number of aliphatic carboxylic acids is 1. The normalized spacial score (nSPS) is 17.1. The zero-order valence-electron chi connectivity index (χ0n) is 11.3. The predicted molar refractivity (Wildman–Crippen MR) is 75.3 cm³/mol. The molecule has 1 aliphatic rings. The summed E-state index contributed by atoms with van der Waals surface area (Å²) in [5.41, 5.74) is -0.356. The monoisotopic (exact) mass is 315 g/mol. The Hall–Kier alpha value is -1.87. The number of carbonyl (C=O) groups is 2. The van der Waals surface area contributed by atoms with E-state index in [1.165, 1.54) is 0 Å². The lowest BCUT2D eigenvalue weighted by Crippen LogP contribution is -2.48. The van der Waals surface area contributed by atoms with Crippen molar-refractivity contribution in [1.29, 1.82) is 0 Å². The van der Waals surface area contributed by atoms with E-state index in [0.717, 1.165) is 11.3 Å². The number of thiazole rings is 1. The zero-order valence-corrected chi connectivity index (χ0v) is 12.1. The largest absolute Gasteiger partial charge is 0.481 e. The van der Waals surface area contributed by atoms with E-state index in [-0.39, 0.29) is 18.0 Å². The molecule has 2 rings (SSSR count). The van der Waals surface area contributed by atoms with Crippen LogP contribution in [0.1, 0.15) is 18.5 Å². The minimum absolute atomic E-state index is 0.0533. The number of aromatic amines is 1. The second-order valence-electron chi connectivity index (χ2n) is 4.91. The Kier molecular flexibility index (Phi) is 4.97. The highest BCUT2D eigenvalue weighted by Crippen LogP contribution is 2.29. The Morgan fingerprint density at radius 2 is 2.10 bits per heavy atom. The van der Waals surface area contributed by atoms with E-state index in [1.807, 2.05) is 0 Å². The number of carboxylic acid groups (broad SMARTS) is 1. The summed E-state index contributed by atoms with van der Waals surface area (Å²) in [7, 11) is 0. The minimum atomic E-state index is -0.966. The molecule has 0 spiro atoms. The number of amides is 2. The molecule has 1 saturated heterocycles. The van der Waals surface area contributed by atoms with Crippen LogP contribution in [-0.4, -0.2) is 41.8 Å². The number of carboxylic acids is 1. The van der Waals surface area contributed by atoms with Crippen LogP contribution in [0.5, 0.6) is 0 Å². The Labute approximate surface area is 124 Å². The molecule has 0 aromatic carbocycles. The van der Waals surface area contributed by atoms with Crippen molar-refractivity contribution < 1.29 is 19.4 Å². The van der Waals surface area contributed by atoms with Crippen molar-refractivity contribution in [2.24, 2.45) is 5.41 Å². The summed E-state index contributed by atoms with van der Waals surface area (Å²) in [6.07, 6.45) is 0.751. The number of rotatable bonds is 5. The van der Waals surface area contributed by atoms with E-state index in [9.17, 15) is 19.5 Å². The number of carbonyl (C=O) groups excluding carboxylic acids is 1. The number of aromatic nitrogens is 1. The van der Waals surface area contributed by atoms with Gasteiger partial charge in [0.25, 0.3) is 0 Å². The molecule has 2 heterocycles. The minimum Gasteiger partial charge on any atom is -0.481 e. The molecule has 0 atom stereocenters. The van der Waals surface area contributed by atoms with Gasteiger partial charge in [0.1, 0.15) is 0 Å². The molecule has 0 aliphatic carbocycles. The summed E-state index contributed by atoms with van der Waals surface area (Å²) in [6, 6.07) is -0.464. The topological polar surface area (TPSA) is 121 Å². The fourth-order valence-electron chi connectivity index (χ4n) is 2.12. The third kappa shape index (κ3) is 4.05. The quantitative estimate of drug-likeness (QED) is 0.615. The molecule has 8 nitrogen and oxygen atoms in total. The number of urea groups is 1. The average Bonchev–Trinajstić information content (AvgIpc) is 2.89. The lowest BCUT2D eigenvalue weighted by atomic mass is 9.80. The molecular weight excluding hydrogens is 298 g/mol. The molecule has 21 heavy (non-hydrogen) atoms. The highest BCUT2D eigenvalue weighted by Gasteiger charge is 2.40. The molecule has 2 amide bonds. The standard InChI is InChI=1S/C12H17N3O5S/c16-9(17)12(1-3-20-4-2-12)7-14-10(18)13-5-8-6-21-11(19)15-8/h6H,1-5,7H2,(H,15,19)(H,16,17)(H2,13,14,18). The molecule has 0 bridgehead atoms. The van der Waals surface area contributed by atoms with Crippen LogP contribution >= 0.6 is 11.3 Å². The van der Waals surface area contributed by atoms with E-state index in [2.05, 4.69) is 15.6 Å². The lowest BCUT2D eigenvalue weighted by Gasteiger charge is -2.33. The van der Waals surface area contributed by atoms with Gasteiger partial charge in [-0.05, 0) is 12.8 Å². The molecule has 1 aromatic heterocycles. The molecule has 0 saturated carbocycles. The third-order valence-corrected chi connectivity index (χ3v) is 4.22. The van der Waals surface area contributed by atoms with Crippen molar-refractivity contribution in [2.45, 2.75) is 19.4 Å². The summed E-state index contributed by atoms with van der Waals surface area (Å²) < 4.78 is 5.17. The Bertz CT molecular complexity index is 561. The Morgan fingerprint density at radius 3 is 2.67 bits per heavy atom. The van der Waals surface area contributed by atoms with Gasteiger partial charge in [0.05, 0.1) is 12.0 Å². The fourth-order valence-corrected chi connectivity index (χ4v) is 2.70. The molecule has 0 radical (unpaired) electrons. The number of hydrogen-bond acceptors (Lipinski definition) is 5. The molecule has 4 N–H and O–H groups in total.